The van der Waals surface area contributed by atoms with Crippen molar-refractivity contribution < 1.29 is 28.6 Å². The Hall–Kier alpha value is -2.89. The van der Waals surface area contributed by atoms with E-state index in [-0.39, 0.29) is 31.1 Å². The Bertz CT molecular complexity index is 975. The van der Waals surface area contributed by atoms with E-state index < -0.39 is 6.10 Å². The molecule has 0 fully saturated rings. The Balaban J connectivity index is 4.45. The van der Waals surface area contributed by atoms with E-state index in [1.807, 2.05) is 6.08 Å². The maximum absolute atomic E-state index is 12.6. The van der Waals surface area contributed by atoms with Gasteiger partial charge in [0.1, 0.15) is 13.2 Å². The molecule has 0 aromatic heterocycles. The van der Waals surface area contributed by atoms with E-state index in [9.17, 15) is 14.4 Å². The molecule has 0 aromatic carbocycles. The van der Waals surface area contributed by atoms with Crippen LogP contribution >= 0.6 is 0 Å². The van der Waals surface area contributed by atoms with Crippen molar-refractivity contribution in [3.63, 3.8) is 0 Å². The summed E-state index contributed by atoms with van der Waals surface area (Å²) in [5, 5.41) is 0. The van der Waals surface area contributed by atoms with Crippen LogP contribution < -0.4 is 0 Å². The molecule has 0 heterocycles. The van der Waals surface area contributed by atoms with Gasteiger partial charge < -0.3 is 14.2 Å². The summed E-state index contributed by atoms with van der Waals surface area (Å²) in [5.74, 6) is -0.950. The molecule has 0 rings (SSSR count). The Kier molecular flexibility index (Phi) is 38.6. The fourth-order valence-electron chi connectivity index (χ4n) is 5.59. The van der Waals surface area contributed by atoms with Crippen molar-refractivity contribution in [2.75, 3.05) is 13.2 Å². The van der Waals surface area contributed by atoms with Crippen molar-refractivity contribution in [2.24, 2.45) is 0 Å². The topological polar surface area (TPSA) is 78.9 Å². The van der Waals surface area contributed by atoms with Gasteiger partial charge in [0.15, 0.2) is 6.10 Å². The van der Waals surface area contributed by atoms with Crippen molar-refractivity contribution in [2.45, 2.75) is 200 Å². The molecule has 52 heavy (non-hydrogen) atoms. The lowest BCUT2D eigenvalue weighted by molar-refractivity contribution is -0.167. The number of unbranched alkanes of at least 4 members (excludes halogenated alkanes) is 19. The van der Waals surface area contributed by atoms with Gasteiger partial charge in [-0.05, 0) is 57.8 Å². The molecule has 0 aliphatic heterocycles. The number of rotatable bonds is 37. The highest BCUT2D eigenvalue weighted by molar-refractivity contribution is 5.71. The van der Waals surface area contributed by atoms with Gasteiger partial charge >= 0.3 is 17.9 Å². The first-order chi connectivity index (χ1) is 25.5. The molecule has 0 N–H and O–H groups in total. The number of carbonyl (C=O) groups excluding carboxylic acids is 3. The van der Waals surface area contributed by atoms with Crippen molar-refractivity contribution in [1.82, 2.24) is 0 Å². The number of allylic oxidation sites excluding steroid dienone is 10. The molecular weight excluding hydrogens is 648 g/mol. The molecule has 0 radical (unpaired) electrons. The summed E-state index contributed by atoms with van der Waals surface area (Å²) in [5.41, 5.74) is 0. The highest BCUT2D eigenvalue weighted by Gasteiger charge is 2.19. The van der Waals surface area contributed by atoms with E-state index in [0.717, 1.165) is 96.3 Å². The Labute approximate surface area is 320 Å². The number of hydrogen-bond acceptors (Lipinski definition) is 6. The highest BCUT2D eigenvalue weighted by atomic mass is 16.6. The lowest BCUT2D eigenvalue weighted by Gasteiger charge is -2.18. The van der Waals surface area contributed by atoms with E-state index in [4.69, 9.17) is 14.2 Å². The SMILES string of the molecule is CC\C=C/C=C\C=C/CCCCCCCC(=O)OCC(COC(=O)CCCCCCCCCCCC)OC(=O)CCCCC/C=C\C=C/CCCC. The van der Waals surface area contributed by atoms with Crippen LogP contribution in [-0.4, -0.2) is 37.2 Å². The molecule has 1 atom stereocenters. The van der Waals surface area contributed by atoms with Gasteiger partial charge in [-0.15, -0.1) is 0 Å². The number of ether oxygens (including phenoxy) is 3. The molecule has 1 unspecified atom stereocenters. The van der Waals surface area contributed by atoms with Gasteiger partial charge in [-0.3, -0.25) is 14.4 Å². The summed E-state index contributed by atoms with van der Waals surface area (Å²) < 4.78 is 16.6. The van der Waals surface area contributed by atoms with Crippen LogP contribution in [-0.2, 0) is 28.6 Å². The molecule has 6 heteroatoms. The zero-order valence-corrected chi connectivity index (χ0v) is 33.8. The van der Waals surface area contributed by atoms with E-state index >= 15 is 0 Å². The van der Waals surface area contributed by atoms with Crippen molar-refractivity contribution in [3.05, 3.63) is 60.8 Å². The summed E-state index contributed by atoms with van der Waals surface area (Å²) in [6, 6.07) is 0. The second-order valence-electron chi connectivity index (χ2n) is 14.0. The first kappa shape index (κ1) is 49.1. The zero-order chi connectivity index (χ0) is 38.0. The largest absolute Gasteiger partial charge is 0.462 e. The summed E-state index contributed by atoms with van der Waals surface area (Å²) >= 11 is 0. The first-order valence-electron chi connectivity index (χ1n) is 21.3. The van der Waals surface area contributed by atoms with Crippen LogP contribution in [0.25, 0.3) is 0 Å². The predicted octanol–water partition coefficient (Wildman–Crippen LogP) is 13.4. The molecule has 0 aromatic rings. The number of hydrogen-bond donors (Lipinski definition) is 0. The van der Waals surface area contributed by atoms with Crippen LogP contribution in [0.2, 0.25) is 0 Å². The normalized spacial score (nSPS) is 12.6. The third-order valence-corrected chi connectivity index (χ3v) is 8.85. The molecule has 0 bridgehead atoms. The molecule has 0 amide bonds. The third-order valence-electron chi connectivity index (χ3n) is 8.85. The highest BCUT2D eigenvalue weighted by Crippen LogP contribution is 2.13. The van der Waals surface area contributed by atoms with Crippen LogP contribution in [0.5, 0.6) is 0 Å². The van der Waals surface area contributed by atoms with E-state index in [2.05, 4.69) is 75.5 Å². The van der Waals surface area contributed by atoms with Crippen LogP contribution in [0.15, 0.2) is 60.8 Å². The molecular formula is C46H78O6. The summed E-state index contributed by atoms with van der Waals surface area (Å²) in [6.07, 6.45) is 47.7. The fraction of sp³-hybridized carbons (Fsp3) is 0.717. The second-order valence-corrected chi connectivity index (χ2v) is 14.0. The summed E-state index contributed by atoms with van der Waals surface area (Å²) in [7, 11) is 0. The van der Waals surface area contributed by atoms with Crippen LogP contribution in [0.1, 0.15) is 194 Å². The van der Waals surface area contributed by atoms with Gasteiger partial charge in [0, 0.05) is 19.3 Å². The Morgan fingerprint density at radius 2 is 0.769 bits per heavy atom. The quantitative estimate of drug-likeness (QED) is 0.0274. The van der Waals surface area contributed by atoms with Crippen LogP contribution in [0.4, 0.5) is 0 Å². The maximum atomic E-state index is 12.6. The number of carbonyl (C=O) groups is 3. The fourth-order valence-corrected chi connectivity index (χ4v) is 5.59. The molecule has 6 nitrogen and oxygen atoms in total. The van der Waals surface area contributed by atoms with Crippen LogP contribution in [0, 0.1) is 0 Å². The minimum atomic E-state index is -0.791. The van der Waals surface area contributed by atoms with Gasteiger partial charge in [-0.1, -0.05) is 178 Å². The van der Waals surface area contributed by atoms with E-state index in [1.165, 1.54) is 57.8 Å². The molecule has 0 aliphatic rings. The maximum Gasteiger partial charge on any atom is 0.306 e. The average Bonchev–Trinajstić information content (AvgIpc) is 3.14. The minimum absolute atomic E-state index is 0.0914. The van der Waals surface area contributed by atoms with E-state index in [1.54, 1.807) is 0 Å². The molecule has 0 spiro atoms. The Morgan fingerprint density at radius 3 is 1.25 bits per heavy atom. The Morgan fingerprint density at radius 1 is 0.404 bits per heavy atom. The van der Waals surface area contributed by atoms with Gasteiger partial charge in [-0.25, -0.2) is 0 Å². The molecule has 298 valence electrons. The van der Waals surface area contributed by atoms with Gasteiger partial charge in [-0.2, -0.15) is 0 Å². The predicted molar refractivity (Wildman–Crippen MR) is 219 cm³/mol. The smallest absolute Gasteiger partial charge is 0.306 e. The minimum Gasteiger partial charge on any atom is -0.462 e. The van der Waals surface area contributed by atoms with Gasteiger partial charge in [0.25, 0.3) is 0 Å². The van der Waals surface area contributed by atoms with Crippen molar-refractivity contribution in [3.8, 4) is 0 Å². The first-order valence-corrected chi connectivity index (χ1v) is 21.3. The second kappa shape index (κ2) is 40.9. The van der Waals surface area contributed by atoms with E-state index in [0.29, 0.717) is 19.3 Å². The average molecular weight is 727 g/mol. The monoisotopic (exact) mass is 727 g/mol. The van der Waals surface area contributed by atoms with Crippen molar-refractivity contribution in [1.29, 1.82) is 0 Å². The molecule has 0 saturated heterocycles. The van der Waals surface area contributed by atoms with Crippen molar-refractivity contribution >= 4 is 17.9 Å². The van der Waals surface area contributed by atoms with Crippen LogP contribution in [0.3, 0.4) is 0 Å². The zero-order valence-electron chi connectivity index (χ0n) is 33.8. The molecule has 0 aliphatic carbocycles. The lowest BCUT2D eigenvalue weighted by Crippen LogP contribution is -2.30. The number of esters is 3. The summed E-state index contributed by atoms with van der Waals surface area (Å²) in [6.45, 7) is 6.37. The van der Waals surface area contributed by atoms with Gasteiger partial charge in [0.2, 0.25) is 0 Å². The standard InChI is InChI=1S/C46H78O6/c1-4-7-10-13-16-19-22-23-25-27-30-33-36-39-45(48)51-42-43(41-50-44(47)38-35-32-29-26-21-18-15-12-9-6-3)52-46(49)40-37-34-31-28-24-20-17-14-11-8-5-2/h7,10,13-14,16-17,19-20,22,24,43H,4-6,8-9,11-12,15,18,21,23,25-42H2,1-3H3/b10-7-,16-13-,17-14-,22-19-,24-20-. The summed E-state index contributed by atoms with van der Waals surface area (Å²) in [4.78, 5) is 37.6. The lowest BCUT2D eigenvalue weighted by atomic mass is 10.1. The third kappa shape index (κ3) is 38.3. The molecule has 0 saturated carbocycles. The van der Waals surface area contributed by atoms with Gasteiger partial charge in [0.05, 0.1) is 0 Å².